The van der Waals surface area contributed by atoms with E-state index in [1.54, 1.807) is 6.07 Å². The molecule has 1 rings (SSSR count). The van der Waals surface area contributed by atoms with Crippen molar-refractivity contribution in [2.75, 3.05) is 0 Å². The summed E-state index contributed by atoms with van der Waals surface area (Å²) in [6.45, 7) is 3.50. The molecule has 0 fully saturated rings. The number of amides is 1. The zero-order valence-corrected chi connectivity index (χ0v) is 9.62. The van der Waals surface area contributed by atoms with Crippen LogP contribution in [0.3, 0.4) is 0 Å². The largest absolute Gasteiger partial charge is 0.312 e. The molecule has 0 atom stereocenters. The number of rotatable bonds is 2. The van der Waals surface area contributed by atoms with Gasteiger partial charge >= 0.3 is 5.91 Å². The molecule has 0 heterocycles. The fourth-order valence-corrected chi connectivity index (χ4v) is 1.89. The van der Waals surface area contributed by atoms with Crippen molar-refractivity contribution in [1.29, 1.82) is 0 Å². The Morgan fingerprint density at radius 3 is 2.57 bits per heavy atom. The Bertz CT molecular complexity index is 363. The summed E-state index contributed by atoms with van der Waals surface area (Å²) in [5.74, 6) is -0.0103. The van der Waals surface area contributed by atoms with E-state index in [4.69, 9.17) is 23.2 Å². The zero-order valence-electron chi connectivity index (χ0n) is 8.10. The molecule has 0 aromatic heterocycles. The fraction of sp³-hybridized carbons (Fsp3) is 0.300. The van der Waals surface area contributed by atoms with Crippen LogP contribution in [0.4, 0.5) is 5.69 Å². The Balaban J connectivity index is 3.18. The van der Waals surface area contributed by atoms with Crippen LogP contribution in [0, 0.1) is 0 Å². The molecular weight excluding hydrogens is 221 g/mol. The number of hydrogen-bond acceptors (Lipinski definition) is 1. The van der Waals surface area contributed by atoms with E-state index in [-0.39, 0.29) is 5.91 Å². The van der Waals surface area contributed by atoms with Gasteiger partial charge in [0.25, 0.3) is 0 Å². The maximum absolute atomic E-state index is 11.0. The first kappa shape index (κ1) is 11.5. The highest BCUT2D eigenvalue weighted by Gasteiger charge is 2.13. The highest BCUT2D eigenvalue weighted by Crippen LogP contribution is 2.26. The van der Waals surface area contributed by atoms with Crippen LogP contribution in [0.25, 0.3) is 0 Å². The number of carbonyl (C=O) groups excluding carboxylic acids is 1. The van der Waals surface area contributed by atoms with Crippen molar-refractivity contribution >= 4 is 34.8 Å². The van der Waals surface area contributed by atoms with Crippen molar-refractivity contribution in [1.82, 2.24) is 0 Å². The van der Waals surface area contributed by atoms with Crippen molar-refractivity contribution in [3.63, 3.8) is 0 Å². The average Bonchev–Trinajstić information content (AvgIpc) is 2.08. The average molecular weight is 233 g/mol. The summed E-state index contributed by atoms with van der Waals surface area (Å²) in [7, 11) is 0. The molecule has 1 aromatic rings. The Kier molecular flexibility index (Phi) is 3.93. The molecule has 0 saturated carbocycles. The number of benzene rings is 1. The molecule has 1 aromatic carbocycles. The summed E-state index contributed by atoms with van der Waals surface area (Å²) >= 11 is 11.8. The fourth-order valence-electron chi connectivity index (χ4n) is 1.30. The lowest BCUT2D eigenvalue weighted by Crippen LogP contribution is -2.81. The van der Waals surface area contributed by atoms with E-state index in [2.05, 4.69) is 0 Å². The van der Waals surface area contributed by atoms with Gasteiger partial charge in [-0.2, -0.15) is 0 Å². The first-order valence-electron chi connectivity index (χ1n) is 4.37. The Morgan fingerprint density at radius 2 is 2.07 bits per heavy atom. The number of nitrogens with two attached hydrogens (primary N) is 1. The van der Waals surface area contributed by atoms with Crippen LogP contribution in [0.1, 0.15) is 19.4 Å². The molecule has 0 aliphatic heterocycles. The second-order valence-electron chi connectivity index (χ2n) is 3.07. The molecule has 76 valence electrons. The molecule has 2 nitrogen and oxygen atoms in total. The quantitative estimate of drug-likeness (QED) is 0.781. The smallest absolute Gasteiger partial charge is 0.250 e. The predicted octanol–water partition coefficient (Wildman–Crippen LogP) is 2.30. The summed E-state index contributed by atoms with van der Waals surface area (Å²) in [5.41, 5.74) is 1.78. The van der Waals surface area contributed by atoms with Crippen molar-refractivity contribution in [3.8, 4) is 0 Å². The zero-order chi connectivity index (χ0) is 10.7. The summed E-state index contributed by atoms with van der Waals surface area (Å²) < 4.78 is 0. The van der Waals surface area contributed by atoms with Gasteiger partial charge in [-0.05, 0) is 18.6 Å². The van der Waals surface area contributed by atoms with E-state index in [9.17, 15) is 4.79 Å². The van der Waals surface area contributed by atoms with Gasteiger partial charge in [-0.25, -0.2) is 10.1 Å². The summed E-state index contributed by atoms with van der Waals surface area (Å²) in [6, 6.07) is 3.49. The number of primary amides is 1. The summed E-state index contributed by atoms with van der Waals surface area (Å²) in [4.78, 5) is 11.0. The number of carbonyl (C=O) groups is 1. The van der Waals surface area contributed by atoms with Gasteiger partial charge in [0.1, 0.15) is 5.02 Å². The van der Waals surface area contributed by atoms with E-state index >= 15 is 0 Å². The molecule has 4 heteroatoms. The van der Waals surface area contributed by atoms with Gasteiger partial charge < -0.3 is 0 Å². The van der Waals surface area contributed by atoms with Gasteiger partial charge in [0.15, 0.2) is 5.69 Å². The molecule has 0 radical (unpaired) electrons. The summed E-state index contributed by atoms with van der Waals surface area (Å²) in [6.07, 6.45) is 0.805. The second-order valence-corrected chi connectivity index (χ2v) is 3.91. The van der Waals surface area contributed by atoms with E-state index in [0.717, 1.165) is 17.7 Å². The Morgan fingerprint density at radius 1 is 1.43 bits per heavy atom. The van der Waals surface area contributed by atoms with Crippen molar-refractivity contribution < 1.29 is 10.1 Å². The third-order valence-corrected chi connectivity index (χ3v) is 2.44. The number of aryl methyl sites for hydroxylation is 1. The van der Waals surface area contributed by atoms with Gasteiger partial charge in [-0.15, -0.1) is 0 Å². The van der Waals surface area contributed by atoms with Gasteiger partial charge in [0, 0.05) is 10.6 Å². The normalized spacial score (nSPS) is 10.3. The van der Waals surface area contributed by atoms with E-state index in [1.807, 2.05) is 13.0 Å². The van der Waals surface area contributed by atoms with Gasteiger partial charge in [-0.3, -0.25) is 0 Å². The third kappa shape index (κ3) is 2.71. The third-order valence-electron chi connectivity index (χ3n) is 1.91. The minimum absolute atomic E-state index is 0.0103. The SMILES string of the molecule is CCc1cc(Cl)cc(Cl)c1[NH2+]C(C)=O. The lowest BCUT2D eigenvalue weighted by atomic mass is 10.1. The van der Waals surface area contributed by atoms with Crippen molar-refractivity contribution in [2.45, 2.75) is 20.3 Å². The van der Waals surface area contributed by atoms with Crippen LogP contribution in [0.5, 0.6) is 0 Å². The molecule has 1 amide bonds. The minimum Gasteiger partial charge on any atom is -0.250 e. The van der Waals surface area contributed by atoms with E-state index in [1.165, 1.54) is 12.2 Å². The van der Waals surface area contributed by atoms with Crippen LogP contribution < -0.4 is 5.32 Å². The molecule has 14 heavy (non-hydrogen) atoms. The maximum Gasteiger partial charge on any atom is 0.312 e. The van der Waals surface area contributed by atoms with E-state index in [0.29, 0.717) is 10.0 Å². The molecule has 0 aliphatic carbocycles. The van der Waals surface area contributed by atoms with Crippen LogP contribution >= 0.6 is 23.2 Å². The topological polar surface area (TPSA) is 33.7 Å². The lowest BCUT2D eigenvalue weighted by Gasteiger charge is -2.06. The van der Waals surface area contributed by atoms with Crippen LogP contribution in [-0.2, 0) is 11.2 Å². The van der Waals surface area contributed by atoms with Gasteiger partial charge in [-0.1, -0.05) is 30.1 Å². The minimum atomic E-state index is -0.0103. The number of hydrogen-bond donors (Lipinski definition) is 1. The highest BCUT2D eigenvalue weighted by molar-refractivity contribution is 6.36. The molecule has 0 aliphatic rings. The molecular formula is C10H12Cl2NO+. The van der Waals surface area contributed by atoms with Crippen LogP contribution in [0.15, 0.2) is 12.1 Å². The molecule has 0 spiro atoms. The molecule has 2 N–H and O–H groups in total. The number of halogens is 2. The van der Waals surface area contributed by atoms with Crippen LogP contribution in [-0.4, -0.2) is 5.91 Å². The molecule has 0 bridgehead atoms. The van der Waals surface area contributed by atoms with Crippen LogP contribution in [0.2, 0.25) is 10.0 Å². The maximum atomic E-state index is 11.0. The standard InChI is InChI=1S/C10H11Cl2NO/c1-3-7-4-8(11)5-9(12)10(7)13-6(2)14/h4-5H,3H2,1-2H3,(H,13,14)/p+1. The van der Waals surface area contributed by atoms with Crippen molar-refractivity contribution in [3.05, 3.63) is 27.7 Å². The predicted molar refractivity (Wildman–Crippen MR) is 58.1 cm³/mol. The summed E-state index contributed by atoms with van der Waals surface area (Å²) in [5, 5.41) is 2.68. The van der Waals surface area contributed by atoms with Gasteiger partial charge in [0.05, 0.1) is 6.92 Å². The van der Waals surface area contributed by atoms with Gasteiger partial charge in [0.2, 0.25) is 0 Å². The first-order valence-corrected chi connectivity index (χ1v) is 5.13. The lowest BCUT2D eigenvalue weighted by molar-refractivity contribution is -0.482. The first-order chi connectivity index (χ1) is 6.54. The Hall–Kier alpha value is -0.570. The second kappa shape index (κ2) is 4.78. The number of quaternary nitrogens is 1. The highest BCUT2D eigenvalue weighted by atomic mass is 35.5. The monoisotopic (exact) mass is 232 g/mol. The molecule has 0 unspecified atom stereocenters. The Labute approximate surface area is 93.2 Å². The van der Waals surface area contributed by atoms with Crippen molar-refractivity contribution in [2.24, 2.45) is 0 Å². The molecule has 0 saturated heterocycles. The van der Waals surface area contributed by atoms with E-state index < -0.39 is 0 Å².